The molecule has 0 saturated heterocycles. The molecular formula is C18H44O5Si4. The summed E-state index contributed by atoms with van der Waals surface area (Å²) in [6.07, 6.45) is -2.62. The monoisotopic (exact) mass is 452 g/mol. The second-order valence-electron chi connectivity index (χ2n) is 11.9. The third-order valence-corrected chi connectivity index (χ3v) is 14.2. The van der Waals surface area contributed by atoms with E-state index in [9.17, 15) is 20.1 Å². The maximum Gasteiger partial charge on any atom is 0.184 e. The number of hydrogen-bond donors (Lipinski definition) is 3. The Bertz CT molecular complexity index is 540. The first-order valence-corrected chi connectivity index (χ1v) is 23.7. The molecule has 0 aromatic carbocycles. The average molecular weight is 453 g/mol. The van der Waals surface area contributed by atoms with Crippen molar-refractivity contribution in [1.82, 2.24) is 0 Å². The minimum absolute atomic E-state index is 0.0405. The zero-order valence-electron chi connectivity index (χ0n) is 19.8. The van der Waals surface area contributed by atoms with Gasteiger partial charge in [-0.15, -0.1) is 0 Å². The zero-order chi connectivity index (χ0) is 22.4. The molecule has 0 aromatic rings. The molecule has 0 aromatic heterocycles. The Morgan fingerprint density at radius 2 is 1.19 bits per heavy atom. The first kappa shape index (κ1) is 27.4. The summed E-state index contributed by atoms with van der Waals surface area (Å²) in [6.45, 7) is 25.3. The summed E-state index contributed by atoms with van der Waals surface area (Å²) in [4.78, 5) is 14.1. The molecule has 0 aliphatic rings. The molecule has 162 valence electrons. The van der Waals surface area contributed by atoms with Gasteiger partial charge in [-0.3, -0.25) is 0 Å². The maximum absolute atomic E-state index is 14.1. The van der Waals surface area contributed by atoms with Gasteiger partial charge in [0.1, 0.15) is 30.0 Å². The van der Waals surface area contributed by atoms with E-state index in [0.29, 0.717) is 0 Å². The molecule has 0 radical (unpaired) electrons. The molecule has 0 spiro atoms. The van der Waals surface area contributed by atoms with Gasteiger partial charge in [0.25, 0.3) is 0 Å². The molecule has 0 aliphatic carbocycles. The second-order valence-corrected chi connectivity index (χ2v) is 31.8. The third kappa shape index (κ3) is 5.11. The number of hydrogen-bond acceptors (Lipinski definition) is 5. The van der Waals surface area contributed by atoms with Crippen molar-refractivity contribution in [1.29, 1.82) is 0 Å². The molecule has 27 heavy (non-hydrogen) atoms. The van der Waals surface area contributed by atoms with Gasteiger partial charge in [-0.25, -0.2) is 0 Å². The van der Waals surface area contributed by atoms with Crippen LogP contribution in [0.4, 0.5) is 0 Å². The lowest BCUT2D eigenvalue weighted by molar-refractivity contribution is -0.160. The first-order chi connectivity index (χ1) is 11.5. The smallest absolute Gasteiger partial charge is 0.184 e. The minimum Gasteiger partial charge on any atom is -0.406 e. The van der Waals surface area contributed by atoms with Crippen LogP contribution in [0.5, 0.6) is 0 Å². The lowest BCUT2D eigenvalue weighted by Crippen LogP contribution is -2.86. The van der Waals surface area contributed by atoms with E-state index >= 15 is 0 Å². The van der Waals surface area contributed by atoms with Crippen LogP contribution in [0.15, 0.2) is 0 Å². The van der Waals surface area contributed by atoms with Crippen molar-refractivity contribution < 1.29 is 24.5 Å². The second kappa shape index (κ2) is 7.90. The van der Waals surface area contributed by atoms with E-state index in [1.807, 2.05) is 78.6 Å². The fourth-order valence-electron chi connectivity index (χ4n) is 3.88. The molecule has 5 nitrogen and oxygen atoms in total. The van der Waals surface area contributed by atoms with Gasteiger partial charge in [0.05, 0.1) is 22.3 Å². The average Bonchev–Trinajstić information content (AvgIpc) is 2.37. The van der Waals surface area contributed by atoms with Crippen molar-refractivity contribution in [2.45, 2.75) is 108 Å². The molecule has 0 amide bonds. The Morgan fingerprint density at radius 3 is 1.37 bits per heavy atom. The van der Waals surface area contributed by atoms with Crippen LogP contribution < -0.4 is 0 Å². The fourth-order valence-corrected chi connectivity index (χ4v) is 17.6. The largest absolute Gasteiger partial charge is 0.406 e. The van der Waals surface area contributed by atoms with Crippen LogP contribution in [-0.4, -0.2) is 75.9 Å². The molecule has 0 saturated carbocycles. The molecule has 4 atom stereocenters. The number of aliphatic hydroxyl groups excluding tert-OH is 2. The van der Waals surface area contributed by atoms with Gasteiger partial charge in [-0.2, -0.15) is 0 Å². The van der Waals surface area contributed by atoms with Crippen molar-refractivity contribution in [3.05, 3.63) is 0 Å². The molecule has 0 rings (SSSR count). The lowest BCUT2D eigenvalue weighted by atomic mass is 10.0. The van der Waals surface area contributed by atoms with Crippen LogP contribution in [0.25, 0.3) is 0 Å². The van der Waals surface area contributed by atoms with E-state index in [4.69, 9.17) is 4.43 Å². The van der Waals surface area contributed by atoms with Crippen LogP contribution >= 0.6 is 0 Å². The van der Waals surface area contributed by atoms with E-state index < -0.39 is 55.2 Å². The number of aliphatic hydroxyl groups is 3. The molecule has 3 N–H and O–H groups in total. The summed E-state index contributed by atoms with van der Waals surface area (Å²) in [5, 5.41) is 30.5. The van der Waals surface area contributed by atoms with Crippen molar-refractivity contribution >= 4 is 37.9 Å². The SMILES string of the molecule is C[C@@H](O)[C@H](O)[C@](O)([C@@](O[Si](C)(C)C)(C(=O)[Si](C)(C)C)[Si](C)(C)C)[Si](C)(C)C. The molecule has 0 fully saturated rings. The highest BCUT2D eigenvalue weighted by atomic mass is 28.4. The van der Waals surface area contributed by atoms with E-state index in [-0.39, 0.29) is 5.41 Å². The van der Waals surface area contributed by atoms with Gasteiger partial charge in [-0.1, -0.05) is 58.9 Å². The van der Waals surface area contributed by atoms with Gasteiger partial charge in [0.2, 0.25) is 0 Å². The van der Waals surface area contributed by atoms with Crippen LogP contribution in [0.3, 0.4) is 0 Å². The van der Waals surface area contributed by atoms with Crippen molar-refractivity contribution in [3.8, 4) is 0 Å². The number of rotatable bonds is 9. The van der Waals surface area contributed by atoms with Gasteiger partial charge in [-0.05, 0) is 26.6 Å². The van der Waals surface area contributed by atoms with Crippen LogP contribution in [0, 0.1) is 0 Å². The summed E-state index contributed by atoms with van der Waals surface area (Å²) >= 11 is 0. The summed E-state index contributed by atoms with van der Waals surface area (Å²) in [6, 6.07) is 0. The first-order valence-electron chi connectivity index (χ1n) is 9.80. The predicted molar refractivity (Wildman–Crippen MR) is 125 cm³/mol. The number of carbonyl (C=O) groups excluding carboxylic acids is 1. The summed E-state index contributed by atoms with van der Waals surface area (Å²) in [5.41, 5.74) is 0. The van der Waals surface area contributed by atoms with Gasteiger partial charge < -0.3 is 24.5 Å². The van der Waals surface area contributed by atoms with E-state index in [1.54, 1.807) is 0 Å². The molecule has 0 heterocycles. The van der Waals surface area contributed by atoms with Crippen LogP contribution in [0.1, 0.15) is 6.92 Å². The molecule has 0 aliphatic heterocycles. The Balaban J connectivity index is 7.47. The minimum atomic E-state index is -2.64. The van der Waals surface area contributed by atoms with E-state index in [0.717, 1.165) is 0 Å². The molecule has 9 heteroatoms. The molecule has 0 unspecified atom stereocenters. The Morgan fingerprint density at radius 1 is 0.815 bits per heavy atom. The summed E-state index contributed by atoms with van der Waals surface area (Å²) in [7, 11) is -9.93. The van der Waals surface area contributed by atoms with Crippen LogP contribution in [-0.2, 0) is 9.22 Å². The fraction of sp³-hybridized carbons (Fsp3) is 0.944. The molecule has 0 bridgehead atoms. The zero-order valence-corrected chi connectivity index (χ0v) is 23.8. The van der Waals surface area contributed by atoms with E-state index in [2.05, 4.69) is 0 Å². The van der Waals surface area contributed by atoms with Gasteiger partial charge >= 0.3 is 0 Å². The summed E-state index contributed by atoms with van der Waals surface area (Å²) in [5.74, 6) is 0. The Labute approximate surface area is 170 Å². The summed E-state index contributed by atoms with van der Waals surface area (Å²) < 4.78 is 6.74. The lowest BCUT2D eigenvalue weighted by Gasteiger charge is -2.62. The van der Waals surface area contributed by atoms with Gasteiger partial charge in [0, 0.05) is 0 Å². The molecular weight excluding hydrogens is 409 g/mol. The predicted octanol–water partition coefficient (Wildman–Crippen LogP) is 3.25. The highest BCUT2D eigenvalue weighted by Crippen LogP contribution is 2.48. The van der Waals surface area contributed by atoms with Crippen molar-refractivity contribution in [2.24, 2.45) is 0 Å². The number of carbonyl (C=O) groups is 1. The highest BCUT2D eigenvalue weighted by molar-refractivity contribution is 7.09. The van der Waals surface area contributed by atoms with E-state index in [1.165, 1.54) is 6.92 Å². The van der Waals surface area contributed by atoms with Crippen molar-refractivity contribution in [3.63, 3.8) is 0 Å². The quantitative estimate of drug-likeness (QED) is 0.467. The van der Waals surface area contributed by atoms with Crippen molar-refractivity contribution in [2.75, 3.05) is 0 Å². The Kier molecular flexibility index (Phi) is 8.01. The third-order valence-electron chi connectivity index (χ3n) is 5.08. The highest BCUT2D eigenvalue weighted by Gasteiger charge is 2.72. The maximum atomic E-state index is 14.1. The normalized spacial score (nSPS) is 21.2. The van der Waals surface area contributed by atoms with Crippen LogP contribution in [0.2, 0.25) is 78.6 Å². The van der Waals surface area contributed by atoms with Gasteiger partial charge in [0.15, 0.2) is 8.32 Å². The standard InChI is InChI=1S/C18H44O5Si4/c1-14(19)15(20)17(22,25(5,6)7)18(26(8,9)10,23-27(11,12)13)16(21)24(2,3)4/h14-15,19-20,22H,1-13H3/t14-,15+,17-,18-/m1/s1. The Hall–Kier alpha value is 0.378. The topological polar surface area (TPSA) is 87.0 Å².